The lowest BCUT2D eigenvalue weighted by Crippen LogP contribution is -2.41. The van der Waals surface area contributed by atoms with Gasteiger partial charge in [-0.1, -0.05) is 0 Å². The van der Waals surface area contributed by atoms with E-state index in [9.17, 15) is 9.59 Å². The number of rotatable bonds is 4. The molecule has 12 heavy (non-hydrogen) atoms. The highest BCUT2D eigenvalue weighted by atomic mass is 35.5. The van der Waals surface area contributed by atoms with Gasteiger partial charge in [-0.15, -0.1) is 12.4 Å². The van der Waals surface area contributed by atoms with Crippen LogP contribution < -0.4 is 11.5 Å². The minimum Gasteiger partial charge on any atom is -0.369 e. The Morgan fingerprint density at radius 3 is 1.67 bits per heavy atom. The Bertz CT molecular complexity index is 158. The van der Waals surface area contributed by atoms with E-state index < -0.39 is 17.7 Å². The Hall–Kier alpha value is -0.810. The van der Waals surface area contributed by atoms with E-state index in [0.29, 0.717) is 0 Å². The van der Waals surface area contributed by atoms with Crippen LogP contribution in [0.15, 0.2) is 0 Å². The van der Waals surface area contributed by atoms with E-state index in [1.165, 1.54) is 0 Å². The molecule has 0 saturated heterocycles. The molecular formula is C6H14ClN3O2. The van der Waals surface area contributed by atoms with Gasteiger partial charge in [-0.3, -0.25) is 9.59 Å². The number of primary amides is 2. The first-order valence-electron chi connectivity index (χ1n) is 3.18. The Kier molecular flexibility index (Phi) is 6.64. The fourth-order valence-electron chi connectivity index (χ4n) is 0.685. The summed E-state index contributed by atoms with van der Waals surface area (Å²) in [5.41, 5.74) is 9.84. The van der Waals surface area contributed by atoms with Crippen LogP contribution in [0.1, 0.15) is 0 Å². The largest absolute Gasteiger partial charge is 0.369 e. The van der Waals surface area contributed by atoms with Crippen molar-refractivity contribution in [1.29, 1.82) is 0 Å². The molecule has 6 heteroatoms. The monoisotopic (exact) mass is 195 g/mol. The number of carbonyl (C=O) groups excluding carboxylic acids is 2. The third-order valence-electron chi connectivity index (χ3n) is 1.23. The van der Waals surface area contributed by atoms with Crippen LogP contribution in [-0.4, -0.2) is 37.4 Å². The van der Waals surface area contributed by atoms with Crippen molar-refractivity contribution in [3.8, 4) is 0 Å². The fraction of sp³-hybridized carbons (Fsp3) is 0.667. The quantitative estimate of drug-likeness (QED) is 0.539. The van der Waals surface area contributed by atoms with Crippen molar-refractivity contribution in [3.63, 3.8) is 0 Å². The van der Waals surface area contributed by atoms with Crippen LogP contribution in [0.3, 0.4) is 0 Å². The van der Waals surface area contributed by atoms with Crippen LogP contribution >= 0.6 is 12.4 Å². The predicted octanol–water partition coefficient (Wildman–Crippen LogP) is -1.44. The number of amides is 2. The molecule has 0 heterocycles. The van der Waals surface area contributed by atoms with Crippen molar-refractivity contribution in [2.45, 2.75) is 0 Å². The third kappa shape index (κ3) is 4.92. The Morgan fingerprint density at radius 1 is 1.25 bits per heavy atom. The standard InChI is InChI=1S/C6H13N3O2.ClH/c1-9(2)3-4(5(7)10)6(8)11;/h4H,3H2,1-2H3,(H2,7,10)(H2,8,11);1H. The average Bonchev–Trinajstić information content (AvgIpc) is 1.81. The molecule has 72 valence electrons. The zero-order valence-electron chi connectivity index (χ0n) is 7.11. The molecule has 2 amide bonds. The Labute approximate surface area is 77.5 Å². The molecule has 0 aromatic carbocycles. The van der Waals surface area contributed by atoms with E-state index in [2.05, 4.69) is 0 Å². The summed E-state index contributed by atoms with van der Waals surface area (Å²) in [6, 6.07) is 0. The maximum Gasteiger partial charge on any atom is 0.231 e. The van der Waals surface area contributed by atoms with Crippen molar-refractivity contribution >= 4 is 24.2 Å². The van der Waals surface area contributed by atoms with Crippen LogP contribution in [0.25, 0.3) is 0 Å². The molecule has 0 rings (SSSR count). The zero-order valence-corrected chi connectivity index (χ0v) is 7.93. The second-order valence-corrected chi connectivity index (χ2v) is 2.62. The highest BCUT2D eigenvalue weighted by molar-refractivity contribution is 5.99. The summed E-state index contributed by atoms with van der Waals surface area (Å²) in [5, 5.41) is 0. The average molecular weight is 196 g/mol. The summed E-state index contributed by atoms with van der Waals surface area (Å²) < 4.78 is 0. The summed E-state index contributed by atoms with van der Waals surface area (Å²) in [5.74, 6) is -2.23. The lowest BCUT2D eigenvalue weighted by atomic mass is 10.1. The van der Waals surface area contributed by atoms with Gasteiger partial charge in [0.25, 0.3) is 0 Å². The first kappa shape index (κ1) is 13.8. The highest BCUT2D eigenvalue weighted by Gasteiger charge is 2.21. The number of nitrogens with two attached hydrogens (primary N) is 2. The van der Waals surface area contributed by atoms with E-state index in [0.717, 1.165) is 0 Å². The van der Waals surface area contributed by atoms with E-state index in [1.54, 1.807) is 19.0 Å². The van der Waals surface area contributed by atoms with Gasteiger partial charge >= 0.3 is 0 Å². The molecule has 0 aliphatic heterocycles. The third-order valence-corrected chi connectivity index (χ3v) is 1.23. The van der Waals surface area contributed by atoms with Crippen LogP contribution in [0.2, 0.25) is 0 Å². The first-order valence-corrected chi connectivity index (χ1v) is 3.18. The van der Waals surface area contributed by atoms with Gasteiger partial charge in [-0.25, -0.2) is 0 Å². The molecule has 0 aromatic rings. The second-order valence-electron chi connectivity index (χ2n) is 2.62. The van der Waals surface area contributed by atoms with E-state index in [1.807, 2.05) is 0 Å². The molecule has 0 fully saturated rings. The van der Waals surface area contributed by atoms with Gasteiger partial charge in [0.2, 0.25) is 11.8 Å². The maximum atomic E-state index is 10.6. The summed E-state index contributed by atoms with van der Waals surface area (Å²) in [6.07, 6.45) is 0. The van der Waals surface area contributed by atoms with Crippen molar-refractivity contribution in [3.05, 3.63) is 0 Å². The summed E-state index contributed by atoms with van der Waals surface area (Å²) in [6.45, 7) is 0.269. The molecule has 4 N–H and O–H groups in total. The van der Waals surface area contributed by atoms with E-state index >= 15 is 0 Å². The molecule has 0 aliphatic carbocycles. The van der Waals surface area contributed by atoms with E-state index in [-0.39, 0.29) is 19.0 Å². The molecule has 0 spiro atoms. The number of hydrogen-bond acceptors (Lipinski definition) is 3. The van der Waals surface area contributed by atoms with Crippen LogP contribution in [-0.2, 0) is 9.59 Å². The van der Waals surface area contributed by atoms with Gasteiger partial charge < -0.3 is 16.4 Å². The lowest BCUT2D eigenvalue weighted by Gasteiger charge is -2.14. The Balaban J connectivity index is 0. The molecule has 0 atom stereocenters. The van der Waals surface area contributed by atoms with Crippen LogP contribution in [0.5, 0.6) is 0 Å². The van der Waals surface area contributed by atoms with Crippen LogP contribution in [0.4, 0.5) is 0 Å². The molecule has 0 aliphatic rings. The van der Waals surface area contributed by atoms with Crippen molar-refractivity contribution in [1.82, 2.24) is 4.90 Å². The van der Waals surface area contributed by atoms with Gasteiger partial charge in [0.1, 0.15) is 5.92 Å². The summed E-state index contributed by atoms with van der Waals surface area (Å²) in [7, 11) is 3.47. The molecule has 0 aromatic heterocycles. The van der Waals surface area contributed by atoms with Crippen molar-refractivity contribution in [2.24, 2.45) is 17.4 Å². The molecule has 0 radical (unpaired) electrons. The highest BCUT2D eigenvalue weighted by Crippen LogP contribution is 1.94. The second kappa shape index (κ2) is 5.79. The minimum atomic E-state index is -0.884. The normalized spacial score (nSPS) is 9.67. The summed E-state index contributed by atoms with van der Waals surface area (Å²) in [4.78, 5) is 22.8. The smallest absolute Gasteiger partial charge is 0.231 e. The minimum absolute atomic E-state index is 0. The lowest BCUT2D eigenvalue weighted by molar-refractivity contribution is -0.132. The van der Waals surface area contributed by atoms with Crippen molar-refractivity contribution in [2.75, 3.05) is 20.6 Å². The molecule has 0 unspecified atom stereocenters. The zero-order chi connectivity index (χ0) is 9.02. The van der Waals surface area contributed by atoms with Gasteiger partial charge in [-0.2, -0.15) is 0 Å². The Morgan fingerprint density at radius 2 is 1.58 bits per heavy atom. The van der Waals surface area contributed by atoms with Gasteiger partial charge in [0, 0.05) is 6.54 Å². The SMILES string of the molecule is CN(C)CC(C(N)=O)C(N)=O.Cl. The number of carbonyl (C=O) groups is 2. The van der Waals surface area contributed by atoms with Crippen molar-refractivity contribution < 1.29 is 9.59 Å². The van der Waals surface area contributed by atoms with E-state index in [4.69, 9.17) is 11.5 Å². The molecular weight excluding hydrogens is 182 g/mol. The summed E-state index contributed by atoms with van der Waals surface area (Å²) >= 11 is 0. The molecule has 0 saturated carbocycles. The van der Waals surface area contributed by atoms with Gasteiger partial charge in [-0.05, 0) is 14.1 Å². The molecule has 0 bridgehead atoms. The number of hydrogen-bond donors (Lipinski definition) is 2. The number of nitrogens with zero attached hydrogens (tertiary/aromatic N) is 1. The first-order chi connectivity index (χ1) is 4.95. The van der Waals surface area contributed by atoms with Gasteiger partial charge in [0.05, 0.1) is 0 Å². The fourth-order valence-corrected chi connectivity index (χ4v) is 0.685. The maximum absolute atomic E-state index is 10.6. The molecule has 5 nitrogen and oxygen atoms in total. The predicted molar refractivity (Wildman–Crippen MR) is 47.7 cm³/mol. The number of halogens is 1. The van der Waals surface area contributed by atoms with Gasteiger partial charge in [0.15, 0.2) is 0 Å². The van der Waals surface area contributed by atoms with Crippen LogP contribution in [0, 0.1) is 5.92 Å². The topological polar surface area (TPSA) is 89.4 Å².